The molecule has 8 heteroatoms. The Morgan fingerprint density at radius 2 is 1.96 bits per heavy atom. The van der Waals surface area contributed by atoms with E-state index in [1.54, 1.807) is 19.2 Å². The van der Waals surface area contributed by atoms with Gasteiger partial charge in [-0.1, -0.05) is 18.2 Å². The van der Waals surface area contributed by atoms with Crippen molar-refractivity contribution in [2.24, 2.45) is 0 Å². The number of H-pyrrole nitrogens is 1. The molecule has 0 fully saturated rings. The lowest BCUT2D eigenvalue weighted by molar-refractivity contribution is -0.0501. The predicted octanol–water partition coefficient (Wildman–Crippen LogP) is 3.93. The van der Waals surface area contributed by atoms with Gasteiger partial charge in [-0.05, 0) is 42.8 Å². The number of rotatable bonds is 7. The number of methoxy groups -OCH3 is 1. The molecule has 0 aliphatic heterocycles. The van der Waals surface area contributed by atoms with Gasteiger partial charge >= 0.3 is 6.61 Å². The first kappa shape index (κ1) is 19.3. The van der Waals surface area contributed by atoms with Crippen LogP contribution in [0.1, 0.15) is 21.6 Å². The fourth-order valence-electron chi connectivity index (χ4n) is 2.72. The summed E-state index contributed by atoms with van der Waals surface area (Å²) < 4.78 is 34.8. The summed E-state index contributed by atoms with van der Waals surface area (Å²) in [6.07, 6.45) is 0. The molecule has 1 aromatic heterocycles. The molecule has 0 radical (unpaired) electrons. The standard InChI is InChI=1S/C20H19F2N3O3/c1-12-7-8-14(18(9-12)27-2)16-10-13(24-25-16)11-23-19(26)15-5-3-4-6-17(15)28-20(21)22/h3-10,20H,11H2,1-2H3,(H,23,26)(H,24,25). The molecule has 1 amide bonds. The molecule has 0 saturated carbocycles. The van der Waals surface area contributed by atoms with E-state index in [4.69, 9.17) is 4.74 Å². The molecule has 0 unspecified atom stereocenters. The van der Waals surface area contributed by atoms with Crippen molar-refractivity contribution < 1.29 is 23.0 Å². The van der Waals surface area contributed by atoms with Gasteiger partial charge in [0, 0.05) is 5.56 Å². The summed E-state index contributed by atoms with van der Waals surface area (Å²) in [7, 11) is 1.59. The highest BCUT2D eigenvalue weighted by molar-refractivity contribution is 5.96. The number of aromatic nitrogens is 2. The van der Waals surface area contributed by atoms with Crippen LogP contribution in [-0.4, -0.2) is 29.8 Å². The molecule has 3 rings (SSSR count). The van der Waals surface area contributed by atoms with Gasteiger partial charge in [0.1, 0.15) is 11.5 Å². The second-order valence-electron chi connectivity index (χ2n) is 6.04. The van der Waals surface area contributed by atoms with E-state index in [-0.39, 0.29) is 17.9 Å². The van der Waals surface area contributed by atoms with Crippen molar-refractivity contribution in [1.82, 2.24) is 15.5 Å². The van der Waals surface area contributed by atoms with E-state index in [0.717, 1.165) is 11.1 Å². The summed E-state index contributed by atoms with van der Waals surface area (Å²) in [5.41, 5.74) is 3.23. The van der Waals surface area contributed by atoms with Crippen LogP contribution in [0.3, 0.4) is 0 Å². The number of nitrogens with zero attached hydrogens (tertiary/aromatic N) is 1. The molecule has 0 aliphatic rings. The highest BCUT2D eigenvalue weighted by atomic mass is 19.3. The minimum atomic E-state index is -3.01. The molecule has 0 atom stereocenters. The minimum absolute atomic E-state index is 0.0303. The van der Waals surface area contributed by atoms with Crippen LogP contribution in [-0.2, 0) is 6.54 Å². The van der Waals surface area contributed by atoms with E-state index < -0.39 is 12.5 Å². The number of ether oxygens (including phenoxy) is 2. The molecule has 2 N–H and O–H groups in total. The molecular weight excluding hydrogens is 368 g/mol. The molecule has 146 valence electrons. The number of aromatic amines is 1. The summed E-state index contributed by atoms with van der Waals surface area (Å²) in [6.45, 7) is -0.898. The Labute approximate surface area is 160 Å². The Kier molecular flexibility index (Phi) is 5.88. The molecule has 28 heavy (non-hydrogen) atoms. The first-order chi connectivity index (χ1) is 13.5. The second kappa shape index (κ2) is 8.51. The van der Waals surface area contributed by atoms with Gasteiger partial charge in [0.15, 0.2) is 0 Å². The zero-order chi connectivity index (χ0) is 20.1. The van der Waals surface area contributed by atoms with Crippen molar-refractivity contribution in [2.45, 2.75) is 20.1 Å². The number of nitrogens with one attached hydrogen (secondary N) is 2. The molecule has 3 aromatic rings. The Hall–Kier alpha value is -3.42. The van der Waals surface area contributed by atoms with Crippen LogP contribution in [0, 0.1) is 6.92 Å². The normalized spacial score (nSPS) is 10.8. The summed E-state index contributed by atoms with van der Waals surface area (Å²) in [5.74, 6) is -0.00910. The summed E-state index contributed by atoms with van der Waals surface area (Å²) in [6, 6.07) is 13.4. The number of hydrogen-bond donors (Lipinski definition) is 2. The Morgan fingerprint density at radius 3 is 2.71 bits per heavy atom. The van der Waals surface area contributed by atoms with Gasteiger partial charge in [-0.15, -0.1) is 0 Å². The average molecular weight is 387 g/mol. The largest absolute Gasteiger partial charge is 0.496 e. The third-order valence-corrected chi connectivity index (χ3v) is 4.05. The van der Waals surface area contributed by atoms with Gasteiger partial charge in [0.2, 0.25) is 0 Å². The Bertz CT molecular complexity index is 973. The summed E-state index contributed by atoms with van der Waals surface area (Å²) >= 11 is 0. The summed E-state index contributed by atoms with van der Waals surface area (Å²) in [5, 5.41) is 9.77. The smallest absolute Gasteiger partial charge is 0.387 e. The maximum Gasteiger partial charge on any atom is 0.387 e. The molecule has 2 aromatic carbocycles. The van der Waals surface area contributed by atoms with Crippen LogP contribution in [0.2, 0.25) is 0 Å². The lowest BCUT2D eigenvalue weighted by Gasteiger charge is -2.10. The van der Waals surface area contributed by atoms with Crippen molar-refractivity contribution in [1.29, 1.82) is 0 Å². The number of carbonyl (C=O) groups excluding carboxylic acids is 1. The maximum absolute atomic E-state index is 12.5. The van der Waals surface area contributed by atoms with Gasteiger partial charge in [-0.3, -0.25) is 9.89 Å². The number of carbonyl (C=O) groups is 1. The highest BCUT2D eigenvalue weighted by Crippen LogP contribution is 2.29. The van der Waals surface area contributed by atoms with Crippen molar-refractivity contribution in [2.75, 3.05) is 7.11 Å². The topological polar surface area (TPSA) is 76.2 Å². The SMILES string of the molecule is COc1cc(C)ccc1-c1cc(CNC(=O)c2ccccc2OC(F)F)[nH]n1. The van der Waals surface area contributed by atoms with Gasteiger partial charge in [0.05, 0.1) is 30.6 Å². The van der Waals surface area contributed by atoms with Crippen molar-refractivity contribution in [3.8, 4) is 22.8 Å². The van der Waals surface area contributed by atoms with Crippen LogP contribution >= 0.6 is 0 Å². The van der Waals surface area contributed by atoms with E-state index in [2.05, 4.69) is 20.3 Å². The van der Waals surface area contributed by atoms with E-state index in [0.29, 0.717) is 17.1 Å². The number of benzene rings is 2. The van der Waals surface area contributed by atoms with Gasteiger partial charge in [0.25, 0.3) is 5.91 Å². The maximum atomic E-state index is 12.5. The molecule has 1 heterocycles. The lowest BCUT2D eigenvalue weighted by Crippen LogP contribution is -2.24. The molecule has 0 spiro atoms. The zero-order valence-electron chi connectivity index (χ0n) is 15.3. The average Bonchev–Trinajstić information content (AvgIpc) is 3.14. The van der Waals surface area contributed by atoms with Crippen LogP contribution in [0.5, 0.6) is 11.5 Å². The van der Waals surface area contributed by atoms with Crippen LogP contribution in [0.4, 0.5) is 8.78 Å². The van der Waals surface area contributed by atoms with Crippen molar-refractivity contribution >= 4 is 5.91 Å². The second-order valence-corrected chi connectivity index (χ2v) is 6.04. The number of para-hydroxylation sites is 1. The first-order valence-electron chi connectivity index (χ1n) is 8.49. The molecule has 6 nitrogen and oxygen atoms in total. The highest BCUT2D eigenvalue weighted by Gasteiger charge is 2.16. The van der Waals surface area contributed by atoms with Crippen LogP contribution < -0.4 is 14.8 Å². The first-order valence-corrected chi connectivity index (χ1v) is 8.49. The van der Waals surface area contributed by atoms with Crippen molar-refractivity contribution in [3.63, 3.8) is 0 Å². The van der Waals surface area contributed by atoms with E-state index in [9.17, 15) is 13.6 Å². The minimum Gasteiger partial charge on any atom is -0.496 e. The van der Waals surface area contributed by atoms with Gasteiger partial charge in [-0.2, -0.15) is 13.9 Å². The third kappa shape index (κ3) is 4.46. The lowest BCUT2D eigenvalue weighted by atomic mass is 10.1. The number of halogens is 2. The number of hydrogen-bond acceptors (Lipinski definition) is 4. The Morgan fingerprint density at radius 1 is 1.18 bits per heavy atom. The quantitative estimate of drug-likeness (QED) is 0.644. The van der Waals surface area contributed by atoms with Crippen LogP contribution in [0.25, 0.3) is 11.3 Å². The van der Waals surface area contributed by atoms with E-state index >= 15 is 0 Å². The number of amides is 1. The summed E-state index contributed by atoms with van der Waals surface area (Å²) in [4.78, 5) is 12.3. The van der Waals surface area contributed by atoms with Crippen molar-refractivity contribution in [3.05, 3.63) is 65.4 Å². The van der Waals surface area contributed by atoms with Gasteiger partial charge < -0.3 is 14.8 Å². The molecular formula is C20H19F2N3O3. The predicted molar refractivity (Wildman–Crippen MR) is 99.6 cm³/mol. The fourth-order valence-corrected chi connectivity index (χ4v) is 2.72. The molecule has 0 aliphatic carbocycles. The van der Waals surface area contributed by atoms with E-state index in [1.165, 1.54) is 18.2 Å². The molecule has 0 bridgehead atoms. The van der Waals surface area contributed by atoms with Crippen LogP contribution in [0.15, 0.2) is 48.5 Å². The number of alkyl halides is 2. The fraction of sp³-hybridized carbons (Fsp3) is 0.200. The van der Waals surface area contributed by atoms with Gasteiger partial charge in [-0.25, -0.2) is 0 Å². The zero-order valence-corrected chi connectivity index (χ0v) is 15.3. The molecule has 0 saturated heterocycles. The third-order valence-electron chi connectivity index (χ3n) is 4.05. The number of aryl methyl sites for hydroxylation is 1. The monoisotopic (exact) mass is 387 g/mol. The Balaban J connectivity index is 1.71. The van der Waals surface area contributed by atoms with E-state index in [1.807, 2.05) is 25.1 Å².